The minimum absolute atomic E-state index is 0.0313. The molecule has 0 aliphatic heterocycles. The van der Waals surface area contributed by atoms with Gasteiger partial charge in [-0.05, 0) is 46.7 Å². The molecule has 3 rings (SSSR count). The second-order valence-electron chi connectivity index (χ2n) is 9.68. The molecule has 1 aromatic heterocycles. The van der Waals surface area contributed by atoms with Gasteiger partial charge in [0.15, 0.2) is 0 Å². The third-order valence-corrected chi connectivity index (χ3v) is 5.93. The number of carbonyl (C=O) groups is 1. The van der Waals surface area contributed by atoms with Crippen molar-refractivity contribution >= 4 is 17.5 Å². The number of alkyl halides is 6. The van der Waals surface area contributed by atoms with E-state index in [0.717, 1.165) is 23.8 Å². The molecule has 0 saturated heterocycles. The molecule has 1 amide bonds. The monoisotopic (exact) mass is 542 g/mol. The van der Waals surface area contributed by atoms with Crippen molar-refractivity contribution in [3.05, 3.63) is 99.3 Å². The molecule has 0 unspecified atom stereocenters. The number of hydrogen-bond acceptors (Lipinski definition) is 2. The van der Waals surface area contributed by atoms with Crippen LogP contribution in [0, 0.1) is 0 Å². The zero-order chi connectivity index (χ0) is 27.6. The molecule has 0 fully saturated rings. The highest BCUT2D eigenvalue weighted by molar-refractivity contribution is 6.29. The van der Waals surface area contributed by atoms with E-state index in [4.69, 9.17) is 11.6 Å². The molecule has 0 atom stereocenters. The third-order valence-electron chi connectivity index (χ3n) is 5.74. The van der Waals surface area contributed by atoms with E-state index in [9.17, 15) is 31.1 Å². The zero-order valence-corrected chi connectivity index (χ0v) is 21.1. The van der Waals surface area contributed by atoms with Gasteiger partial charge in [-0.25, -0.2) is 4.98 Å². The molecule has 3 aromatic rings. The number of halogens is 7. The van der Waals surface area contributed by atoms with Crippen LogP contribution in [0.5, 0.6) is 0 Å². The molecule has 1 heterocycles. The molecule has 0 bridgehead atoms. The molecule has 0 spiro atoms. The summed E-state index contributed by atoms with van der Waals surface area (Å²) < 4.78 is 79.1. The Kier molecular flexibility index (Phi) is 8.27. The van der Waals surface area contributed by atoms with Crippen LogP contribution in [-0.4, -0.2) is 22.3 Å². The Balaban J connectivity index is 1.92. The number of carbonyl (C=O) groups excluding carboxylic acids is 1. The topological polar surface area (TPSA) is 33.2 Å². The van der Waals surface area contributed by atoms with Gasteiger partial charge < -0.3 is 4.90 Å². The Morgan fingerprint density at radius 1 is 0.838 bits per heavy atom. The molecular formula is C27H25ClF6N2O. The molecule has 0 aliphatic carbocycles. The summed E-state index contributed by atoms with van der Waals surface area (Å²) in [6.07, 6.45) is -9.28. The molecule has 0 radical (unpaired) electrons. The van der Waals surface area contributed by atoms with E-state index < -0.39 is 34.7 Å². The minimum atomic E-state index is -4.81. The number of nitrogens with zero attached hydrogens (tertiary/aromatic N) is 2. The minimum Gasteiger partial charge on any atom is -0.334 e. The highest BCUT2D eigenvalue weighted by atomic mass is 35.5. The van der Waals surface area contributed by atoms with Crippen LogP contribution >= 0.6 is 11.6 Å². The van der Waals surface area contributed by atoms with Crippen LogP contribution in [0.2, 0.25) is 5.15 Å². The number of hydrogen-bond donors (Lipinski definition) is 0. The van der Waals surface area contributed by atoms with Crippen LogP contribution in [0.25, 0.3) is 0 Å². The quantitative estimate of drug-likeness (QED) is 0.234. The molecule has 0 N–H and O–H groups in total. The van der Waals surface area contributed by atoms with Gasteiger partial charge >= 0.3 is 12.4 Å². The van der Waals surface area contributed by atoms with Gasteiger partial charge in [-0.3, -0.25) is 4.79 Å². The first-order valence-corrected chi connectivity index (χ1v) is 11.7. The van der Waals surface area contributed by atoms with Gasteiger partial charge in [0.25, 0.3) is 5.91 Å². The van der Waals surface area contributed by atoms with Crippen molar-refractivity contribution in [2.45, 2.75) is 51.5 Å². The summed E-state index contributed by atoms with van der Waals surface area (Å²) >= 11 is 5.77. The Labute approximate surface area is 216 Å². The number of amides is 1. The summed E-state index contributed by atoms with van der Waals surface area (Å²) in [5, 5.41) is -0.495. The van der Waals surface area contributed by atoms with E-state index >= 15 is 0 Å². The van der Waals surface area contributed by atoms with E-state index in [1.165, 1.54) is 17.0 Å². The number of pyridine rings is 1. The van der Waals surface area contributed by atoms with Crippen molar-refractivity contribution in [3.8, 4) is 0 Å². The second kappa shape index (κ2) is 10.7. The first-order chi connectivity index (χ1) is 17.0. The second-order valence-corrected chi connectivity index (χ2v) is 10.1. The molecular weight excluding hydrogens is 518 g/mol. The normalized spacial score (nSPS) is 12.5. The average molecular weight is 543 g/mol. The van der Waals surface area contributed by atoms with E-state index in [1.54, 1.807) is 0 Å². The van der Waals surface area contributed by atoms with Crippen LogP contribution in [0.3, 0.4) is 0 Å². The fraction of sp³-hybridized carbons (Fsp3) is 0.333. The van der Waals surface area contributed by atoms with Crippen molar-refractivity contribution in [1.82, 2.24) is 9.88 Å². The molecule has 0 saturated carbocycles. The van der Waals surface area contributed by atoms with Crippen LogP contribution in [0.15, 0.2) is 60.7 Å². The van der Waals surface area contributed by atoms with Crippen molar-refractivity contribution in [3.63, 3.8) is 0 Å². The van der Waals surface area contributed by atoms with Crippen molar-refractivity contribution in [2.24, 2.45) is 0 Å². The SMILES string of the molecule is CC(C)(C)c1ccc(CN(CCc2cccc(C(F)(F)F)c2)C(=O)c2cc(Cl)nc(C(F)(F)F)c2)cc1. The standard InChI is InChI=1S/C27H25ClF6N2O/c1-25(2,3)20-9-7-18(8-10-20)16-36(12-11-17-5-4-6-21(13-17)26(29,30)31)24(37)19-14-22(27(32,33)34)35-23(28)15-19/h4-10,13-15H,11-12,16H2,1-3H3. The Bertz CT molecular complexity index is 1250. The predicted molar refractivity (Wildman–Crippen MR) is 129 cm³/mol. The van der Waals surface area contributed by atoms with E-state index in [1.807, 2.05) is 45.0 Å². The molecule has 0 aliphatic rings. The number of benzene rings is 2. The summed E-state index contributed by atoms with van der Waals surface area (Å²) in [5.41, 5.74) is -0.469. The maximum atomic E-state index is 13.3. The third kappa shape index (κ3) is 7.71. The molecule has 37 heavy (non-hydrogen) atoms. The Morgan fingerprint density at radius 3 is 2.05 bits per heavy atom. The summed E-state index contributed by atoms with van der Waals surface area (Å²) in [7, 11) is 0. The van der Waals surface area contributed by atoms with Gasteiger partial charge in [0.2, 0.25) is 0 Å². The van der Waals surface area contributed by atoms with Gasteiger partial charge in [-0.2, -0.15) is 26.3 Å². The summed E-state index contributed by atoms with van der Waals surface area (Å²) in [5.74, 6) is -0.748. The number of rotatable bonds is 6. The van der Waals surface area contributed by atoms with Gasteiger partial charge in [0.05, 0.1) is 5.56 Å². The first-order valence-electron chi connectivity index (χ1n) is 11.3. The van der Waals surface area contributed by atoms with Gasteiger partial charge in [0, 0.05) is 18.7 Å². The Hall–Kier alpha value is -3.07. The lowest BCUT2D eigenvalue weighted by Gasteiger charge is -2.25. The van der Waals surface area contributed by atoms with Crippen molar-refractivity contribution in [2.75, 3.05) is 6.54 Å². The maximum absolute atomic E-state index is 13.3. The van der Waals surface area contributed by atoms with E-state index in [0.29, 0.717) is 17.2 Å². The maximum Gasteiger partial charge on any atom is 0.433 e. The predicted octanol–water partition coefficient (Wildman–Crippen LogP) is 7.96. The average Bonchev–Trinajstić information content (AvgIpc) is 2.79. The van der Waals surface area contributed by atoms with Crippen molar-refractivity contribution < 1.29 is 31.1 Å². The lowest BCUT2D eigenvalue weighted by molar-refractivity contribution is -0.141. The highest BCUT2D eigenvalue weighted by Crippen LogP contribution is 2.31. The van der Waals surface area contributed by atoms with Crippen LogP contribution < -0.4 is 0 Å². The smallest absolute Gasteiger partial charge is 0.334 e. The summed E-state index contributed by atoms with van der Waals surface area (Å²) in [6.45, 7) is 6.11. The van der Waals surface area contributed by atoms with Crippen LogP contribution in [0.1, 0.15) is 59.1 Å². The fourth-order valence-electron chi connectivity index (χ4n) is 3.70. The van der Waals surface area contributed by atoms with Gasteiger partial charge in [-0.15, -0.1) is 0 Å². The van der Waals surface area contributed by atoms with Crippen LogP contribution in [-0.2, 0) is 30.7 Å². The summed E-state index contributed by atoms with van der Waals surface area (Å²) in [4.78, 5) is 17.9. The van der Waals surface area contributed by atoms with Gasteiger partial charge in [-0.1, -0.05) is 74.8 Å². The largest absolute Gasteiger partial charge is 0.433 e. The zero-order valence-electron chi connectivity index (χ0n) is 20.3. The molecule has 10 heteroatoms. The van der Waals surface area contributed by atoms with Gasteiger partial charge in [0.1, 0.15) is 10.8 Å². The molecule has 3 nitrogen and oxygen atoms in total. The first kappa shape index (κ1) is 28.5. The molecule has 198 valence electrons. The number of aromatic nitrogens is 1. The lowest BCUT2D eigenvalue weighted by Crippen LogP contribution is -2.33. The lowest BCUT2D eigenvalue weighted by atomic mass is 9.87. The van der Waals surface area contributed by atoms with Crippen molar-refractivity contribution in [1.29, 1.82) is 0 Å². The Morgan fingerprint density at radius 2 is 1.49 bits per heavy atom. The molecule has 2 aromatic carbocycles. The van der Waals surface area contributed by atoms with E-state index in [2.05, 4.69) is 4.98 Å². The van der Waals surface area contributed by atoms with Crippen LogP contribution in [0.4, 0.5) is 26.3 Å². The summed E-state index contributed by atoms with van der Waals surface area (Å²) in [6, 6.07) is 13.8. The van der Waals surface area contributed by atoms with E-state index in [-0.39, 0.29) is 30.5 Å². The fourth-order valence-corrected chi connectivity index (χ4v) is 3.91. The highest BCUT2D eigenvalue weighted by Gasteiger charge is 2.34.